The van der Waals surface area contributed by atoms with Crippen LogP contribution in [0.5, 0.6) is 0 Å². The molecule has 3 heterocycles. The Kier molecular flexibility index (Phi) is 6.07. The van der Waals surface area contributed by atoms with E-state index in [2.05, 4.69) is 10.3 Å². The third-order valence-corrected chi connectivity index (χ3v) is 4.97. The Morgan fingerprint density at radius 1 is 1.00 bits per heavy atom. The molecule has 0 fully saturated rings. The number of benzene rings is 1. The fourth-order valence-electron chi connectivity index (χ4n) is 3.42. The molecule has 1 amide bonds. The molecule has 0 atom stereocenters. The molecule has 0 saturated heterocycles. The number of carbonyl (C=O) groups excluding carboxylic acids is 3. The van der Waals surface area contributed by atoms with E-state index < -0.39 is 5.97 Å². The molecule has 7 heteroatoms. The van der Waals surface area contributed by atoms with E-state index >= 15 is 0 Å². The van der Waals surface area contributed by atoms with Gasteiger partial charge in [0, 0.05) is 36.3 Å². The lowest BCUT2D eigenvalue weighted by Gasteiger charge is -2.07. The van der Waals surface area contributed by atoms with Crippen molar-refractivity contribution in [3.63, 3.8) is 0 Å². The number of nitrogens with one attached hydrogen (secondary N) is 1. The highest BCUT2D eigenvalue weighted by Crippen LogP contribution is 2.22. The first kappa shape index (κ1) is 21.0. The van der Waals surface area contributed by atoms with Crippen molar-refractivity contribution in [1.29, 1.82) is 0 Å². The zero-order valence-electron chi connectivity index (χ0n) is 17.4. The van der Waals surface area contributed by atoms with Crippen molar-refractivity contribution in [1.82, 2.24) is 14.7 Å². The minimum Gasteiger partial charge on any atom is -0.462 e. The van der Waals surface area contributed by atoms with E-state index in [4.69, 9.17) is 4.74 Å². The topological polar surface area (TPSA) is 89.8 Å². The molecule has 160 valence electrons. The van der Waals surface area contributed by atoms with Crippen LogP contribution < -0.4 is 5.32 Å². The van der Waals surface area contributed by atoms with Crippen molar-refractivity contribution in [2.24, 2.45) is 0 Å². The van der Waals surface area contributed by atoms with Crippen LogP contribution in [0, 0.1) is 0 Å². The normalized spacial score (nSPS) is 10.7. The number of aromatic nitrogens is 2. The smallest absolute Gasteiger partial charge is 0.340 e. The highest BCUT2D eigenvalue weighted by molar-refractivity contribution is 6.11. The molecule has 0 aliphatic rings. The minimum atomic E-state index is -0.555. The number of hydrogen-bond donors (Lipinski definition) is 1. The van der Waals surface area contributed by atoms with Gasteiger partial charge in [-0.15, -0.1) is 0 Å². The summed E-state index contributed by atoms with van der Waals surface area (Å²) >= 11 is 0. The van der Waals surface area contributed by atoms with Crippen molar-refractivity contribution in [3.05, 3.63) is 107 Å². The number of pyridine rings is 2. The van der Waals surface area contributed by atoms with Crippen LogP contribution in [0.15, 0.2) is 79.3 Å². The molecule has 0 bridgehead atoms. The van der Waals surface area contributed by atoms with Crippen LogP contribution in [0.25, 0.3) is 5.52 Å². The van der Waals surface area contributed by atoms with Crippen molar-refractivity contribution < 1.29 is 19.1 Å². The monoisotopic (exact) mass is 427 g/mol. The van der Waals surface area contributed by atoms with Gasteiger partial charge in [0.1, 0.15) is 5.69 Å². The maximum absolute atomic E-state index is 12.9. The number of nitrogens with zero attached hydrogens (tertiary/aromatic N) is 2. The zero-order chi connectivity index (χ0) is 22.5. The molecule has 0 saturated carbocycles. The SMILES string of the molecule is CCOC(=O)c1cc(C(=O)NCc2cccnc2)n2ccc(C(=O)c3ccccc3)cc12. The van der Waals surface area contributed by atoms with Gasteiger partial charge in [0.15, 0.2) is 5.78 Å². The third-order valence-electron chi connectivity index (χ3n) is 4.97. The Balaban J connectivity index is 1.71. The molecule has 4 rings (SSSR count). The van der Waals surface area contributed by atoms with Gasteiger partial charge in [0.25, 0.3) is 5.91 Å². The fraction of sp³-hybridized carbons (Fsp3) is 0.120. The number of amides is 1. The van der Waals surface area contributed by atoms with Crippen molar-refractivity contribution in [3.8, 4) is 0 Å². The summed E-state index contributed by atoms with van der Waals surface area (Å²) in [4.78, 5) is 42.4. The molecule has 1 N–H and O–H groups in total. The van der Waals surface area contributed by atoms with Crippen LogP contribution in [0.4, 0.5) is 0 Å². The molecule has 0 aliphatic carbocycles. The molecular weight excluding hydrogens is 406 g/mol. The van der Waals surface area contributed by atoms with Gasteiger partial charge < -0.3 is 14.5 Å². The lowest BCUT2D eigenvalue weighted by molar-refractivity contribution is 0.0528. The number of carbonyl (C=O) groups is 3. The van der Waals surface area contributed by atoms with E-state index in [1.54, 1.807) is 72.4 Å². The summed E-state index contributed by atoms with van der Waals surface area (Å²) in [7, 11) is 0. The lowest BCUT2D eigenvalue weighted by Crippen LogP contribution is -2.24. The van der Waals surface area contributed by atoms with Gasteiger partial charge in [0.05, 0.1) is 17.7 Å². The summed E-state index contributed by atoms with van der Waals surface area (Å²) in [6.45, 7) is 2.20. The van der Waals surface area contributed by atoms with Gasteiger partial charge >= 0.3 is 5.97 Å². The number of ketones is 1. The summed E-state index contributed by atoms with van der Waals surface area (Å²) in [5.74, 6) is -1.09. The van der Waals surface area contributed by atoms with Crippen LogP contribution in [-0.2, 0) is 11.3 Å². The number of rotatable bonds is 7. The highest BCUT2D eigenvalue weighted by Gasteiger charge is 2.22. The average molecular weight is 427 g/mol. The Morgan fingerprint density at radius 2 is 1.81 bits per heavy atom. The summed E-state index contributed by atoms with van der Waals surface area (Å²) in [5.41, 5.74) is 2.72. The molecule has 1 aromatic carbocycles. The second-order valence-corrected chi connectivity index (χ2v) is 7.07. The zero-order valence-corrected chi connectivity index (χ0v) is 17.4. The standard InChI is InChI=1S/C25H21N3O4/c1-2-32-25(31)20-14-22(24(30)27-16-17-7-6-11-26-15-17)28-12-10-19(13-21(20)28)23(29)18-8-4-3-5-9-18/h3-15H,2,16H2,1H3,(H,27,30). The predicted octanol–water partition coefficient (Wildman–Crippen LogP) is 3.67. The molecular formula is C25H21N3O4. The summed E-state index contributed by atoms with van der Waals surface area (Å²) < 4.78 is 6.76. The van der Waals surface area contributed by atoms with Gasteiger partial charge in [-0.1, -0.05) is 36.4 Å². The third kappa shape index (κ3) is 4.27. The van der Waals surface area contributed by atoms with Crippen LogP contribution in [0.3, 0.4) is 0 Å². The first-order valence-corrected chi connectivity index (χ1v) is 10.2. The molecule has 0 spiro atoms. The largest absolute Gasteiger partial charge is 0.462 e. The molecule has 7 nitrogen and oxygen atoms in total. The Labute approximate surface area is 184 Å². The predicted molar refractivity (Wildman–Crippen MR) is 119 cm³/mol. The number of esters is 1. The molecule has 3 aromatic heterocycles. The number of fused-ring (bicyclic) bond motifs is 1. The number of ether oxygens (including phenoxy) is 1. The maximum Gasteiger partial charge on any atom is 0.340 e. The Bertz CT molecular complexity index is 1280. The number of hydrogen-bond acceptors (Lipinski definition) is 5. The van der Waals surface area contributed by atoms with Crippen LogP contribution >= 0.6 is 0 Å². The van der Waals surface area contributed by atoms with Crippen LogP contribution in [0.2, 0.25) is 0 Å². The van der Waals surface area contributed by atoms with Crippen molar-refractivity contribution in [2.75, 3.05) is 6.61 Å². The highest BCUT2D eigenvalue weighted by atomic mass is 16.5. The molecule has 32 heavy (non-hydrogen) atoms. The first-order valence-electron chi connectivity index (χ1n) is 10.2. The van der Waals surface area contributed by atoms with Crippen molar-refractivity contribution in [2.45, 2.75) is 13.5 Å². The molecule has 0 unspecified atom stereocenters. The van der Waals surface area contributed by atoms with E-state index in [1.165, 1.54) is 6.07 Å². The van der Waals surface area contributed by atoms with Crippen LogP contribution in [-0.4, -0.2) is 33.7 Å². The van der Waals surface area contributed by atoms with Crippen molar-refractivity contribution >= 4 is 23.2 Å². The van der Waals surface area contributed by atoms with E-state index in [0.717, 1.165) is 5.56 Å². The minimum absolute atomic E-state index is 0.174. The molecule has 4 aromatic rings. The van der Waals surface area contributed by atoms with Crippen LogP contribution in [0.1, 0.15) is 49.3 Å². The van der Waals surface area contributed by atoms with Gasteiger partial charge in [-0.3, -0.25) is 14.6 Å². The maximum atomic E-state index is 12.9. The summed E-state index contributed by atoms with van der Waals surface area (Å²) in [6, 6.07) is 17.3. The van der Waals surface area contributed by atoms with Gasteiger partial charge in [-0.25, -0.2) is 4.79 Å². The fourth-order valence-corrected chi connectivity index (χ4v) is 3.42. The quantitative estimate of drug-likeness (QED) is 0.359. The lowest BCUT2D eigenvalue weighted by atomic mass is 10.0. The second kappa shape index (κ2) is 9.26. The van der Waals surface area contributed by atoms with Gasteiger partial charge in [0.2, 0.25) is 0 Å². The van der Waals surface area contributed by atoms with E-state index in [-0.39, 0.29) is 29.6 Å². The average Bonchev–Trinajstić information content (AvgIpc) is 3.22. The Hall–Kier alpha value is -4.26. The Morgan fingerprint density at radius 3 is 2.53 bits per heavy atom. The van der Waals surface area contributed by atoms with E-state index in [1.807, 2.05) is 12.1 Å². The first-order chi connectivity index (χ1) is 15.6. The molecule has 0 radical (unpaired) electrons. The van der Waals surface area contributed by atoms with E-state index in [9.17, 15) is 14.4 Å². The molecule has 0 aliphatic heterocycles. The van der Waals surface area contributed by atoms with Gasteiger partial charge in [-0.05, 0) is 36.8 Å². The van der Waals surface area contributed by atoms with E-state index in [0.29, 0.717) is 23.2 Å². The second-order valence-electron chi connectivity index (χ2n) is 7.07. The van der Waals surface area contributed by atoms with Gasteiger partial charge in [-0.2, -0.15) is 0 Å². The summed E-state index contributed by atoms with van der Waals surface area (Å²) in [5, 5.41) is 2.84. The summed E-state index contributed by atoms with van der Waals surface area (Å²) in [6.07, 6.45) is 4.95.